The molecule has 12 nitrogen and oxygen atoms in total. The minimum Gasteiger partial charge on any atom is -0.508 e. The number of carbonyl (C=O) groups is 2. The maximum absolute atomic E-state index is 12.8. The van der Waals surface area contributed by atoms with Crippen molar-refractivity contribution in [2.24, 2.45) is 0 Å². The van der Waals surface area contributed by atoms with Crippen LogP contribution in [0.25, 0.3) is 0 Å². The van der Waals surface area contributed by atoms with Crippen LogP contribution in [-0.4, -0.2) is 176 Å². The molecule has 0 saturated carbocycles. The lowest BCUT2D eigenvalue weighted by molar-refractivity contribution is 0.0330. The number of hydrogen-bond acceptors (Lipinski definition) is 8. The number of piperidine rings is 2. The summed E-state index contributed by atoms with van der Waals surface area (Å²) < 4.78 is 16.2. The summed E-state index contributed by atoms with van der Waals surface area (Å²) in [6, 6.07) is 15.1. The van der Waals surface area contributed by atoms with E-state index in [9.17, 15) is 14.7 Å². The second kappa shape index (κ2) is 30.1. The van der Waals surface area contributed by atoms with Gasteiger partial charge in [-0.3, -0.25) is 9.80 Å². The van der Waals surface area contributed by atoms with E-state index < -0.39 is 6.71 Å². The molecule has 73 heavy (non-hydrogen) atoms. The highest BCUT2D eigenvalue weighted by atomic mass is 16.5. The highest BCUT2D eigenvalue weighted by Gasteiger charge is 2.36. The molecule has 13 heteroatoms. The fourth-order valence-corrected chi connectivity index (χ4v) is 11.2. The summed E-state index contributed by atoms with van der Waals surface area (Å²) in [4.78, 5) is 39.1. The van der Waals surface area contributed by atoms with Gasteiger partial charge in [-0.1, -0.05) is 31.9 Å². The van der Waals surface area contributed by atoms with E-state index in [1.807, 2.05) is 26.8 Å². The van der Waals surface area contributed by atoms with E-state index in [0.29, 0.717) is 56.3 Å². The molecule has 2 aromatic rings. The van der Waals surface area contributed by atoms with Gasteiger partial charge in [0.05, 0.1) is 33.5 Å². The molecule has 8 rings (SSSR count). The van der Waals surface area contributed by atoms with E-state index in [4.69, 9.17) is 27.1 Å². The van der Waals surface area contributed by atoms with Crippen molar-refractivity contribution in [2.75, 3.05) is 99.0 Å². The topological polar surface area (TPSA) is 102 Å². The minimum absolute atomic E-state index is 0.191. The van der Waals surface area contributed by atoms with Crippen LogP contribution >= 0.6 is 0 Å². The van der Waals surface area contributed by atoms with E-state index >= 15 is 0 Å². The Morgan fingerprint density at radius 2 is 1.05 bits per heavy atom. The molecular formula is C60H77BN6O6. The van der Waals surface area contributed by atoms with E-state index in [-0.39, 0.29) is 12.1 Å². The predicted molar refractivity (Wildman–Crippen MR) is 292 cm³/mol. The van der Waals surface area contributed by atoms with Gasteiger partial charge in [-0.15, -0.1) is 30.3 Å². The Balaban J connectivity index is 0.000000191. The number of amides is 4. The number of phenols is 1. The molecule has 0 radical (unpaired) electrons. The summed E-state index contributed by atoms with van der Waals surface area (Å²) in [5, 5.41) is 9.89. The highest BCUT2D eigenvalue weighted by molar-refractivity contribution is 6.82. The Morgan fingerprint density at radius 1 is 0.616 bits per heavy atom. The van der Waals surface area contributed by atoms with Gasteiger partial charge < -0.3 is 38.9 Å². The van der Waals surface area contributed by atoms with E-state index in [1.54, 1.807) is 14.0 Å². The van der Waals surface area contributed by atoms with Crippen LogP contribution in [0.15, 0.2) is 36.4 Å². The quantitative estimate of drug-likeness (QED) is 0.226. The maximum Gasteiger partial charge on any atom is 0.398 e. The highest BCUT2D eigenvalue weighted by Crippen LogP contribution is 2.33. The van der Waals surface area contributed by atoms with Crippen molar-refractivity contribution in [3.05, 3.63) is 58.7 Å². The van der Waals surface area contributed by atoms with Crippen LogP contribution in [0, 0.1) is 71.7 Å². The van der Waals surface area contributed by atoms with Crippen LogP contribution in [0.4, 0.5) is 9.59 Å². The van der Waals surface area contributed by atoms with Crippen LogP contribution in [0.1, 0.15) is 94.4 Å². The standard InChI is InChI=1S/C24H37N3O3.C23H35N3O3.C13H5B/c1-3-10-27(22-6-4-19-5-7-23(29-2)18-20(19)17-22)21-8-11-25(12-9-21)24(28)26-13-15-30-16-14-26;1-2-9-26(21-5-3-18-4-6-22(27)17-19(18)16-21)20-7-10-24(11-8-20)23(28)25-12-14-29-15-13-25;1-4-7-10-13-14(11-8-5-2)12-9-6-3/h5,7,18,21-22H,3-4,6,8-17H2,1-2H3;4,6,17,20-21,27H,2-3,5,7-16H2,1H3;2-3H,1H3. The lowest BCUT2D eigenvalue weighted by Crippen LogP contribution is -2.54. The van der Waals surface area contributed by atoms with Crippen LogP contribution in [0.3, 0.4) is 0 Å². The molecule has 0 bridgehead atoms. The number of aryl methyl sites for hydroxylation is 2. The first-order chi connectivity index (χ1) is 35.7. The molecular weight excluding hydrogens is 912 g/mol. The first-order valence-corrected chi connectivity index (χ1v) is 26.8. The van der Waals surface area contributed by atoms with Crippen molar-refractivity contribution in [3.63, 3.8) is 0 Å². The summed E-state index contributed by atoms with van der Waals surface area (Å²) >= 11 is 0. The summed E-state index contributed by atoms with van der Waals surface area (Å²) in [5.41, 5.74) is 5.63. The zero-order valence-electron chi connectivity index (χ0n) is 44.1. The van der Waals surface area contributed by atoms with Gasteiger partial charge in [-0.2, -0.15) is 0 Å². The smallest absolute Gasteiger partial charge is 0.398 e. The average molecular weight is 989 g/mol. The fourth-order valence-electron chi connectivity index (χ4n) is 11.2. The van der Waals surface area contributed by atoms with Gasteiger partial charge in [0.1, 0.15) is 11.5 Å². The Labute approximate surface area is 438 Å². The monoisotopic (exact) mass is 989 g/mol. The van der Waals surface area contributed by atoms with Crippen molar-refractivity contribution >= 4 is 18.8 Å². The van der Waals surface area contributed by atoms with Crippen molar-refractivity contribution < 1.29 is 28.9 Å². The number of rotatable bonds is 9. The number of nitrogens with zero attached hydrogens (tertiary/aromatic N) is 6. The number of likely N-dealkylation sites (tertiary alicyclic amines) is 2. The molecule has 2 aromatic carbocycles. The first kappa shape index (κ1) is 56.1. The molecule has 0 spiro atoms. The molecule has 4 amide bonds. The number of terminal acetylenes is 2. The number of phenolic OH excluding ortho intramolecular Hbond substituents is 1. The molecule has 4 saturated heterocycles. The lowest BCUT2D eigenvalue weighted by atomic mass is 9.52. The van der Waals surface area contributed by atoms with Gasteiger partial charge in [0, 0.05) is 76.5 Å². The van der Waals surface area contributed by atoms with Gasteiger partial charge in [-0.05, 0) is 179 Å². The van der Waals surface area contributed by atoms with E-state index in [0.717, 1.165) is 129 Å². The van der Waals surface area contributed by atoms with Gasteiger partial charge in [0.2, 0.25) is 0 Å². The number of methoxy groups -OCH3 is 1. The maximum atomic E-state index is 12.8. The van der Waals surface area contributed by atoms with Crippen molar-refractivity contribution in [3.8, 4) is 83.2 Å². The summed E-state index contributed by atoms with van der Waals surface area (Å²) in [6.07, 6.45) is 23.3. The minimum atomic E-state index is -0.428. The van der Waals surface area contributed by atoms with Crippen LogP contribution in [0.2, 0.25) is 0 Å². The molecule has 2 atom stereocenters. The summed E-state index contributed by atoms with van der Waals surface area (Å²) in [6.45, 7) is 17.1. The number of morpholine rings is 2. The number of ether oxygens (including phenoxy) is 3. The molecule has 6 aliphatic rings. The normalized spacial score (nSPS) is 19.5. The molecule has 2 unspecified atom stereocenters. The largest absolute Gasteiger partial charge is 0.508 e. The second-order valence-corrected chi connectivity index (χ2v) is 19.5. The Kier molecular flexibility index (Phi) is 23.2. The van der Waals surface area contributed by atoms with Crippen molar-refractivity contribution in [1.29, 1.82) is 0 Å². The third kappa shape index (κ3) is 16.7. The van der Waals surface area contributed by atoms with Crippen LogP contribution < -0.4 is 4.74 Å². The van der Waals surface area contributed by atoms with E-state index in [2.05, 4.69) is 112 Å². The molecule has 4 fully saturated rings. The Hall–Kier alpha value is -6.16. The zero-order valence-corrected chi connectivity index (χ0v) is 44.1. The van der Waals surface area contributed by atoms with Gasteiger partial charge in [0.15, 0.2) is 0 Å². The Bertz CT molecular complexity index is 2430. The average Bonchev–Trinajstić information content (AvgIpc) is 3.44. The molecule has 0 aromatic heterocycles. The fraction of sp³-hybridized carbons (Fsp3) is 0.567. The third-order valence-electron chi connectivity index (χ3n) is 14.9. The first-order valence-electron chi connectivity index (χ1n) is 26.8. The summed E-state index contributed by atoms with van der Waals surface area (Å²) in [5.74, 6) is 26.5. The third-order valence-corrected chi connectivity index (χ3v) is 14.9. The van der Waals surface area contributed by atoms with Gasteiger partial charge >= 0.3 is 18.8 Å². The number of aromatic hydroxyl groups is 1. The second-order valence-electron chi connectivity index (χ2n) is 19.5. The number of urea groups is 2. The van der Waals surface area contributed by atoms with Crippen molar-refractivity contribution in [2.45, 2.75) is 122 Å². The van der Waals surface area contributed by atoms with Crippen LogP contribution in [0.5, 0.6) is 11.5 Å². The predicted octanol–water partition coefficient (Wildman–Crippen LogP) is 6.46. The Morgan fingerprint density at radius 3 is 1.49 bits per heavy atom. The van der Waals surface area contributed by atoms with Crippen molar-refractivity contribution in [1.82, 2.24) is 29.4 Å². The molecule has 386 valence electrons. The molecule has 2 aliphatic carbocycles. The molecule has 1 N–H and O–H groups in total. The summed E-state index contributed by atoms with van der Waals surface area (Å²) in [7, 11) is 1.75. The molecule has 4 heterocycles. The lowest BCUT2D eigenvalue weighted by Gasteiger charge is -2.44. The molecule has 4 aliphatic heterocycles. The number of fused-ring (bicyclic) bond motifs is 2. The zero-order chi connectivity index (χ0) is 51.8. The van der Waals surface area contributed by atoms with Gasteiger partial charge in [0.25, 0.3) is 0 Å². The number of carbonyl (C=O) groups excluding carboxylic acids is 2. The van der Waals surface area contributed by atoms with E-state index in [1.165, 1.54) is 41.5 Å². The SMILES string of the molecule is C#CC#CB(C#CC#C)C#CC#CC.CCCN(C1CCN(C(=O)N2CCOCC2)CC1)C1CCc2ccc(O)cc2C1.CCCN(C1CCN(C(=O)N2CCOCC2)CC1)C1CCc2ccc(OC)cc2C1. The van der Waals surface area contributed by atoms with Gasteiger partial charge in [-0.25, -0.2) is 9.59 Å². The van der Waals surface area contributed by atoms with Crippen LogP contribution in [-0.2, 0) is 35.2 Å². The number of hydrogen-bond donors (Lipinski definition) is 1. The number of benzene rings is 2.